The van der Waals surface area contributed by atoms with Crippen molar-refractivity contribution < 1.29 is 9.18 Å². The zero-order valence-corrected chi connectivity index (χ0v) is 15.4. The highest BCUT2D eigenvalue weighted by Crippen LogP contribution is 2.30. The van der Waals surface area contributed by atoms with Crippen LogP contribution in [0.1, 0.15) is 24.6 Å². The first-order chi connectivity index (χ1) is 12.9. The van der Waals surface area contributed by atoms with Gasteiger partial charge in [0.2, 0.25) is 5.91 Å². The van der Waals surface area contributed by atoms with E-state index in [9.17, 15) is 9.18 Å². The van der Waals surface area contributed by atoms with Crippen molar-refractivity contribution in [2.24, 2.45) is 5.41 Å². The lowest BCUT2D eigenvalue weighted by Gasteiger charge is -2.27. The molecule has 0 spiro atoms. The third kappa shape index (κ3) is 3.98. The Morgan fingerprint density at radius 2 is 1.96 bits per heavy atom. The molecule has 4 heteroatoms. The van der Waals surface area contributed by atoms with Crippen LogP contribution in [0.25, 0.3) is 10.9 Å². The molecule has 3 nitrogen and oxygen atoms in total. The van der Waals surface area contributed by atoms with Crippen molar-refractivity contribution in [1.82, 2.24) is 4.98 Å². The van der Waals surface area contributed by atoms with Crippen molar-refractivity contribution in [2.75, 3.05) is 5.32 Å². The maximum Gasteiger partial charge on any atom is 0.231 e. The summed E-state index contributed by atoms with van der Waals surface area (Å²) in [6.07, 6.45) is 6.37. The van der Waals surface area contributed by atoms with Crippen LogP contribution in [-0.2, 0) is 11.2 Å². The summed E-state index contributed by atoms with van der Waals surface area (Å²) < 4.78 is 13.9. The van der Waals surface area contributed by atoms with Crippen LogP contribution in [-0.4, -0.2) is 10.9 Å². The number of nitrogens with zero attached hydrogens (tertiary/aromatic N) is 1. The molecule has 27 heavy (non-hydrogen) atoms. The molecular formula is C23H21FN2O. The third-order valence-electron chi connectivity index (χ3n) is 4.71. The minimum absolute atomic E-state index is 0.176. The van der Waals surface area contributed by atoms with Gasteiger partial charge in [0.15, 0.2) is 0 Å². The Bertz CT molecular complexity index is 1020. The molecule has 0 saturated heterocycles. The summed E-state index contributed by atoms with van der Waals surface area (Å²) in [5.41, 5.74) is 1.70. The Kier molecular flexibility index (Phi) is 5.23. The van der Waals surface area contributed by atoms with Gasteiger partial charge in [0.05, 0.1) is 16.8 Å². The molecule has 1 aromatic heterocycles. The van der Waals surface area contributed by atoms with Gasteiger partial charge in [-0.05, 0) is 38.0 Å². The number of fused-ring (bicyclic) bond motifs is 1. The molecule has 0 radical (unpaired) electrons. The molecule has 0 aliphatic rings. The summed E-state index contributed by atoms with van der Waals surface area (Å²) in [5, 5.41) is 3.58. The highest BCUT2D eigenvalue weighted by atomic mass is 19.1. The maximum absolute atomic E-state index is 13.9. The minimum Gasteiger partial charge on any atom is -0.324 e. The summed E-state index contributed by atoms with van der Waals surface area (Å²) in [4.78, 5) is 17.4. The number of aromatic nitrogens is 1. The number of amides is 1. The molecule has 3 rings (SSSR count). The van der Waals surface area contributed by atoms with Crippen molar-refractivity contribution in [3.05, 3.63) is 71.7 Å². The molecule has 3 aromatic rings. The van der Waals surface area contributed by atoms with E-state index in [1.807, 2.05) is 37.3 Å². The minimum atomic E-state index is -0.764. The SMILES string of the molecule is C#CCC(C)(Cc1ccccc1)C(=O)Nc1cc2cccc(F)c2nc1C. The number of nitrogens with one attached hydrogen (secondary N) is 1. The first-order valence-corrected chi connectivity index (χ1v) is 8.78. The lowest BCUT2D eigenvalue weighted by molar-refractivity contribution is -0.124. The van der Waals surface area contributed by atoms with Crippen LogP contribution in [0.4, 0.5) is 10.1 Å². The molecular weight excluding hydrogens is 339 g/mol. The number of para-hydroxylation sites is 1. The molecule has 0 bridgehead atoms. The first-order valence-electron chi connectivity index (χ1n) is 8.78. The van der Waals surface area contributed by atoms with Crippen LogP contribution in [0.2, 0.25) is 0 Å². The number of pyridine rings is 1. The standard InChI is InChI=1S/C23H21FN2O/c1-4-13-23(3,15-17-9-6-5-7-10-17)22(27)26-20-14-18-11-8-12-19(24)21(18)25-16(20)2/h1,5-12,14H,13,15H2,2-3H3,(H,26,27). The molecule has 2 aromatic carbocycles. The van der Waals surface area contributed by atoms with Crippen molar-refractivity contribution in [1.29, 1.82) is 0 Å². The number of rotatable bonds is 5. The smallest absolute Gasteiger partial charge is 0.231 e. The molecule has 0 aliphatic heterocycles. The van der Waals surface area contributed by atoms with E-state index in [-0.39, 0.29) is 11.7 Å². The molecule has 136 valence electrons. The lowest BCUT2D eigenvalue weighted by atomic mass is 9.80. The van der Waals surface area contributed by atoms with Gasteiger partial charge in [-0.25, -0.2) is 9.37 Å². The van der Waals surface area contributed by atoms with Crippen LogP contribution in [0.15, 0.2) is 54.6 Å². The van der Waals surface area contributed by atoms with E-state index in [4.69, 9.17) is 6.42 Å². The Balaban J connectivity index is 1.91. The number of carbonyl (C=O) groups excluding carboxylic acids is 1. The second kappa shape index (κ2) is 7.59. The number of hydrogen-bond acceptors (Lipinski definition) is 2. The van der Waals surface area contributed by atoms with Crippen molar-refractivity contribution >= 4 is 22.5 Å². The van der Waals surface area contributed by atoms with Crippen LogP contribution in [0, 0.1) is 30.5 Å². The number of carbonyl (C=O) groups is 1. The van der Waals surface area contributed by atoms with E-state index in [1.165, 1.54) is 6.07 Å². The topological polar surface area (TPSA) is 42.0 Å². The zero-order valence-electron chi connectivity index (χ0n) is 15.4. The van der Waals surface area contributed by atoms with E-state index in [0.29, 0.717) is 35.1 Å². The second-order valence-corrected chi connectivity index (χ2v) is 6.99. The number of hydrogen-bond donors (Lipinski definition) is 1. The largest absolute Gasteiger partial charge is 0.324 e. The molecule has 0 aliphatic carbocycles. The molecule has 1 N–H and O–H groups in total. The predicted octanol–water partition coefficient (Wildman–Crippen LogP) is 4.89. The molecule has 1 heterocycles. The predicted molar refractivity (Wildman–Crippen MR) is 107 cm³/mol. The van der Waals surface area contributed by atoms with Gasteiger partial charge in [0.25, 0.3) is 0 Å². The summed E-state index contributed by atoms with van der Waals surface area (Å²) in [6, 6.07) is 16.3. The van der Waals surface area contributed by atoms with Crippen LogP contribution in [0.3, 0.4) is 0 Å². The number of terminal acetylenes is 1. The Labute approximate surface area is 158 Å². The molecule has 0 fully saturated rings. The summed E-state index contributed by atoms with van der Waals surface area (Å²) in [7, 11) is 0. The number of aryl methyl sites for hydroxylation is 1. The van der Waals surface area contributed by atoms with E-state index in [1.54, 1.807) is 25.1 Å². The van der Waals surface area contributed by atoms with Crippen molar-refractivity contribution in [3.8, 4) is 12.3 Å². The average molecular weight is 360 g/mol. The molecule has 1 atom stereocenters. The van der Waals surface area contributed by atoms with Crippen LogP contribution in [0.5, 0.6) is 0 Å². The van der Waals surface area contributed by atoms with Gasteiger partial charge >= 0.3 is 0 Å². The highest BCUT2D eigenvalue weighted by Gasteiger charge is 2.33. The first kappa shape index (κ1) is 18.6. The second-order valence-electron chi connectivity index (χ2n) is 6.99. The van der Waals surface area contributed by atoms with Gasteiger partial charge in [-0.2, -0.15) is 0 Å². The Morgan fingerprint density at radius 3 is 2.67 bits per heavy atom. The third-order valence-corrected chi connectivity index (χ3v) is 4.71. The van der Waals surface area contributed by atoms with Gasteiger partial charge in [0.1, 0.15) is 11.3 Å². The normalized spacial score (nSPS) is 13.0. The summed E-state index contributed by atoms with van der Waals surface area (Å²) in [6.45, 7) is 3.61. The van der Waals surface area contributed by atoms with Crippen molar-refractivity contribution in [3.63, 3.8) is 0 Å². The van der Waals surface area contributed by atoms with Gasteiger partial charge in [0, 0.05) is 11.8 Å². The Morgan fingerprint density at radius 1 is 1.22 bits per heavy atom. The van der Waals surface area contributed by atoms with E-state index < -0.39 is 5.41 Å². The van der Waals surface area contributed by atoms with Crippen LogP contribution < -0.4 is 5.32 Å². The number of benzene rings is 2. The van der Waals surface area contributed by atoms with E-state index in [2.05, 4.69) is 16.2 Å². The van der Waals surface area contributed by atoms with E-state index >= 15 is 0 Å². The average Bonchev–Trinajstić information content (AvgIpc) is 2.64. The lowest BCUT2D eigenvalue weighted by Crippen LogP contribution is -2.35. The maximum atomic E-state index is 13.9. The quantitative estimate of drug-likeness (QED) is 0.658. The number of halogens is 1. The fourth-order valence-electron chi connectivity index (χ4n) is 3.15. The fourth-order valence-corrected chi connectivity index (χ4v) is 3.15. The summed E-state index contributed by atoms with van der Waals surface area (Å²) in [5.74, 6) is 2.07. The summed E-state index contributed by atoms with van der Waals surface area (Å²) >= 11 is 0. The van der Waals surface area contributed by atoms with Gasteiger partial charge in [-0.1, -0.05) is 42.5 Å². The number of anilines is 1. The van der Waals surface area contributed by atoms with Crippen molar-refractivity contribution in [2.45, 2.75) is 26.7 Å². The molecule has 1 unspecified atom stereocenters. The molecule has 0 saturated carbocycles. The zero-order chi connectivity index (χ0) is 19.4. The fraction of sp³-hybridized carbons (Fsp3) is 0.217. The van der Waals surface area contributed by atoms with Gasteiger partial charge < -0.3 is 5.32 Å². The highest BCUT2D eigenvalue weighted by molar-refractivity contribution is 5.97. The molecule has 1 amide bonds. The van der Waals surface area contributed by atoms with Gasteiger partial charge in [-0.15, -0.1) is 12.3 Å². The van der Waals surface area contributed by atoms with E-state index in [0.717, 1.165) is 5.56 Å². The van der Waals surface area contributed by atoms with Gasteiger partial charge in [-0.3, -0.25) is 4.79 Å². The van der Waals surface area contributed by atoms with Crippen LogP contribution >= 0.6 is 0 Å². The Hall–Kier alpha value is -3.19. The monoisotopic (exact) mass is 360 g/mol.